The molecule has 2 saturated carbocycles. The summed E-state index contributed by atoms with van der Waals surface area (Å²) in [6.45, 7) is 2.08. The lowest BCUT2D eigenvalue weighted by molar-refractivity contribution is -0.121. The third-order valence-electron chi connectivity index (χ3n) is 5.33. The SMILES string of the molecule is O=C(CCC1CCCN1)NCC1CC2CCC1C2. The van der Waals surface area contributed by atoms with Gasteiger partial charge in [-0.2, -0.15) is 0 Å². The van der Waals surface area contributed by atoms with Gasteiger partial charge in [0.25, 0.3) is 0 Å². The van der Waals surface area contributed by atoms with Gasteiger partial charge in [0.05, 0.1) is 0 Å². The molecule has 0 aromatic carbocycles. The van der Waals surface area contributed by atoms with Crippen LogP contribution in [0.3, 0.4) is 0 Å². The van der Waals surface area contributed by atoms with Crippen LogP contribution in [0.15, 0.2) is 0 Å². The van der Waals surface area contributed by atoms with E-state index < -0.39 is 0 Å². The van der Waals surface area contributed by atoms with E-state index in [0.29, 0.717) is 12.5 Å². The minimum absolute atomic E-state index is 0.270. The summed E-state index contributed by atoms with van der Waals surface area (Å²) in [6.07, 6.45) is 9.92. The van der Waals surface area contributed by atoms with Crippen molar-refractivity contribution in [2.45, 2.75) is 57.4 Å². The highest BCUT2D eigenvalue weighted by molar-refractivity contribution is 5.75. The van der Waals surface area contributed by atoms with Crippen molar-refractivity contribution < 1.29 is 4.79 Å². The molecule has 102 valence electrons. The third-order valence-corrected chi connectivity index (χ3v) is 5.33. The molecule has 0 aromatic heterocycles. The van der Waals surface area contributed by atoms with Crippen LogP contribution in [0.5, 0.6) is 0 Å². The average Bonchev–Trinajstić information content (AvgIpc) is 3.09. The first kappa shape index (κ1) is 12.5. The highest BCUT2D eigenvalue weighted by Crippen LogP contribution is 2.47. The molecule has 3 fully saturated rings. The molecule has 1 saturated heterocycles. The van der Waals surface area contributed by atoms with Gasteiger partial charge in [0, 0.05) is 19.0 Å². The molecule has 4 unspecified atom stereocenters. The largest absolute Gasteiger partial charge is 0.356 e. The predicted molar refractivity (Wildman–Crippen MR) is 72.2 cm³/mol. The van der Waals surface area contributed by atoms with Crippen molar-refractivity contribution in [3.05, 3.63) is 0 Å². The van der Waals surface area contributed by atoms with E-state index in [-0.39, 0.29) is 5.91 Å². The lowest BCUT2D eigenvalue weighted by Gasteiger charge is -2.22. The van der Waals surface area contributed by atoms with Gasteiger partial charge in [-0.25, -0.2) is 0 Å². The van der Waals surface area contributed by atoms with Crippen LogP contribution >= 0.6 is 0 Å². The second-order valence-electron chi connectivity index (χ2n) is 6.57. The predicted octanol–water partition coefficient (Wildman–Crippen LogP) is 2.07. The van der Waals surface area contributed by atoms with Crippen molar-refractivity contribution >= 4 is 5.91 Å². The van der Waals surface area contributed by atoms with Crippen molar-refractivity contribution in [1.29, 1.82) is 0 Å². The van der Waals surface area contributed by atoms with Gasteiger partial charge in [-0.05, 0) is 62.8 Å². The number of carbonyl (C=O) groups is 1. The fourth-order valence-corrected chi connectivity index (χ4v) is 4.27. The molecule has 0 radical (unpaired) electrons. The van der Waals surface area contributed by atoms with Gasteiger partial charge >= 0.3 is 0 Å². The Morgan fingerprint density at radius 3 is 2.83 bits per heavy atom. The highest BCUT2D eigenvalue weighted by Gasteiger charge is 2.39. The second-order valence-corrected chi connectivity index (χ2v) is 6.57. The van der Waals surface area contributed by atoms with E-state index in [2.05, 4.69) is 10.6 Å². The fraction of sp³-hybridized carbons (Fsp3) is 0.933. The summed E-state index contributed by atoms with van der Waals surface area (Å²) in [5, 5.41) is 6.62. The van der Waals surface area contributed by atoms with Gasteiger partial charge in [0.15, 0.2) is 0 Å². The van der Waals surface area contributed by atoms with Crippen LogP contribution in [0.2, 0.25) is 0 Å². The Morgan fingerprint density at radius 1 is 1.22 bits per heavy atom. The zero-order valence-electron chi connectivity index (χ0n) is 11.3. The summed E-state index contributed by atoms with van der Waals surface area (Å²) in [4.78, 5) is 11.8. The summed E-state index contributed by atoms with van der Waals surface area (Å²) < 4.78 is 0. The zero-order chi connectivity index (χ0) is 12.4. The van der Waals surface area contributed by atoms with E-state index in [1.165, 1.54) is 38.5 Å². The van der Waals surface area contributed by atoms with Gasteiger partial charge < -0.3 is 10.6 Å². The van der Waals surface area contributed by atoms with Crippen molar-refractivity contribution in [2.75, 3.05) is 13.1 Å². The fourth-order valence-electron chi connectivity index (χ4n) is 4.27. The molecule has 2 aliphatic carbocycles. The highest BCUT2D eigenvalue weighted by atomic mass is 16.1. The van der Waals surface area contributed by atoms with Gasteiger partial charge in [0.1, 0.15) is 0 Å². The number of rotatable bonds is 5. The minimum Gasteiger partial charge on any atom is -0.356 e. The Labute approximate surface area is 110 Å². The number of fused-ring (bicyclic) bond motifs is 2. The normalized spacial score (nSPS) is 38.2. The average molecular weight is 250 g/mol. The van der Waals surface area contributed by atoms with E-state index in [0.717, 1.165) is 37.3 Å². The number of hydrogen-bond donors (Lipinski definition) is 2. The Balaban J connectivity index is 1.31. The molecule has 1 amide bonds. The summed E-state index contributed by atoms with van der Waals surface area (Å²) in [6, 6.07) is 0.596. The van der Waals surface area contributed by atoms with Crippen molar-refractivity contribution in [3.63, 3.8) is 0 Å². The smallest absolute Gasteiger partial charge is 0.220 e. The van der Waals surface area contributed by atoms with Crippen LogP contribution in [-0.2, 0) is 4.79 Å². The number of amides is 1. The first-order valence-electron chi connectivity index (χ1n) is 7.81. The Kier molecular flexibility index (Phi) is 3.88. The number of carbonyl (C=O) groups excluding carboxylic acids is 1. The summed E-state index contributed by atoms with van der Waals surface area (Å²) >= 11 is 0. The molecule has 0 aromatic rings. The van der Waals surface area contributed by atoms with Crippen molar-refractivity contribution in [1.82, 2.24) is 10.6 Å². The van der Waals surface area contributed by atoms with Crippen LogP contribution in [0.1, 0.15) is 51.4 Å². The van der Waals surface area contributed by atoms with E-state index in [1.807, 2.05) is 0 Å². The molecular formula is C15H26N2O. The molecule has 2 N–H and O–H groups in total. The van der Waals surface area contributed by atoms with E-state index >= 15 is 0 Å². The topological polar surface area (TPSA) is 41.1 Å². The monoisotopic (exact) mass is 250 g/mol. The Bertz CT molecular complexity index is 299. The van der Waals surface area contributed by atoms with Crippen LogP contribution in [0.25, 0.3) is 0 Å². The lowest BCUT2D eigenvalue weighted by Crippen LogP contribution is -2.32. The first-order valence-corrected chi connectivity index (χ1v) is 7.81. The van der Waals surface area contributed by atoms with Gasteiger partial charge in [-0.3, -0.25) is 4.79 Å². The summed E-state index contributed by atoms with van der Waals surface area (Å²) in [5.41, 5.74) is 0. The van der Waals surface area contributed by atoms with Crippen LogP contribution in [0, 0.1) is 17.8 Å². The van der Waals surface area contributed by atoms with Gasteiger partial charge in [-0.15, -0.1) is 0 Å². The zero-order valence-corrected chi connectivity index (χ0v) is 11.3. The molecule has 3 rings (SSSR count). The molecule has 4 atom stereocenters. The van der Waals surface area contributed by atoms with Crippen molar-refractivity contribution in [3.8, 4) is 0 Å². The van der Waals surface area contributed by atoms with Gasteiger partial charge in [-0.1, -0.05) is 6.42 Å². The molecule has 3 nitrogen and oxygen atoms in total. The maximum Gasteiger partial charge on any atom is 0.220 e. The maximum atomic E-state index is 11.8. The van der Waals surface area contributed by atoms with Crippen molar-refractivity contribution in [2.24, 2.45) is 17.8 Å². The molecule has 3 aliphatic rings. The summed E-state index contributed by atoms with van der Waals surface area (Å²) in [5.74, 6) is 2.97. The molecule has 0 spiro atoms. The maximum absolute atomic E-state index is 11.8. The molecule has 18 heavy (non-hydrogen) atoms. The first-order chi connectivity index (χ1) is 8.81. The van der Waals surface area contributed by atoms with Gasteiger partial charge in [0.2, 0.25) is 5.91 Å². The second kappa shape index (κ2) is 5.60. The van der Waals surface area contributed by atoms with E-state index in [4.69, 9.17) is 0 Å². The standard InChI is InChI=1S/C15H26N2O/c18-15(6-5-14-2-1-7-16-14)17-10-13-9-11-3-4-12(13)8-11/h11-14,16H,1-10H2,(H,17,18). The third kappa shape index (κ3) is 2.87. The van der Waals surface area contributed by atoms with Crippen LogP contribution in [0.4, 0.5) is 0 Å². The Morgan fingerprint density at radius 2 is 2.17 bits per heavy atom. The summed E-state index contributed by atoms with van der Waals surface area (Å²) in [7, 11) is 0. The van der Waals surface area contributed by atoms with Crippen LogP contribution < -0.4 is 10.6 Å². The van der Waals surface area contributed by atoms with E-state index in [9.17, 15) is 4.79 Å². The molecule has 1 aliphatic heterocycles. The van der Waals surface area contributed by atoms with E-state index in [1.54, 1.807) is 0 Å². The molecular weight excluding hydrogens is 224 g/mol. The minimum atomic E-state index is 0.270. The molecule has 3 heteroatoms. The number of nitrogens with one attached hydrogen (secondary N) is 2. The lowest BCUT2D eigenvalue weighted by atomic mass is 9.89. The Hall–Kier alpha value is -0.570. The quantitative estimate of drug-likeness (QED) is 0.784. The molecule has 2 bridgehead atoms. The molecule has 1 heterocycles. The number of hydrogen-bond acceptors (Lipinski definition) is 2. The van der Waals surface area contributed by atoms with Crippen LogP contribution in [-0.4, -0.2) is 25.0 Å².